The van der Waals surface area contributed by atoms with Gasteiger partial charge >= 0.3 is 0 Å². The first-order valence-corrected chi connectivity index (χ1v) is 6.74. The molecule has 0 amide bonds. The molecule has 5 heteroatoms. The minimum absolute atomic E-state index is 0.212. The summed E-state index contributed by atoms with van der Waals surface area (Å²) in [5.74, 6) is -0.212. The lowest BCUT2D eigenvalue weighted by molar-refractivity contribution is 0.617. The third-order valence-electron chi connectivity index (χ3n) is 2.72. The molecule has 1 nitrogen and oxygen atoms in total. The van der Waals surface area contributed by atoms with Crippen molar-refractivity contribution in [2.24, 2.45) is 0 Å². The molecular formula is C14H11Cl3FN. The zero-order valence-electron chi connectivity index (χ0n) is 10.1. The van der Waals surface area contributed by atoms with Crippen molar-refractivity contribution in [1.29, 1.82) is 0 Å². The third-order valence-corrected chi connectivity index (χ3v) is 3.75. The molecule has 0 spiro atoms. The number of nitrogens with one attached hydrogen (secondary N) is 1. The van der Waals surface area contributed by atoms with Crippen molar-refractivity contribution in [3.05, 3.63) is 62.3 Å². The molecular weight excluding hydrogens is 308 g/mol. The summed E-state index contributed by atoms with van der Waals surface area (Å²) in [7, 11) is 0. The Balaban J connectivity index is 2.14. The van der Waals surface area contributed by atoms with Gasteiger partial charge in [0.2, 0.25) is 0 Å². The van der Waals surface area contributed by atoms with Crippen molar-refractivity contribution in [1.82, 2.24) is 0 Å². The predicted molar refractivity (Wildman–Crippen MR) is 79.9 cm³/mol. The lowest BCUT2D eigenvalue weighted by Gasteiger charge is -2.10. The summed E-state index contributed by atoms with van der Waals surface area (Å²) in [5.41, 5.74) is 2.26. The second kappa shape index (κ2) is 6.00. The van der Waals surface area contributed by atoms with E-state index in [-0.39, 0.29) is 5.82 Å². The molecule has 0 bridgehead atoms. The highest BCUT2D eigenvalue weighted by Crippen LogP contribution is 2.32. The Labute approximate surface area is 126 Å². The van der Waals surface area contributed by atoms with Gasteiger partial charge < -0.3 is 5.32 Å². The summed E-state index contributed by atoms with van der Waals surface area (Å²) in [6, 6.07) is 8.21. The van der Waals surface area contributed by atoms with Gasteiger partial charge in [-0.05, 0) is 36.2 Å². The van der Waals surface area contributed by atoms with Gasteiger partial charge in [-0.25, -0.2) is 4.39 Å². The Kier molecular flexibility index (Phi) is 4.56. The van der Waals surface area contributed by atoms with Gasteiger partial charge in [-0.15, -0.1) is 0 Å². The second-order valence-electron chi connectivity index (χ2n) is 4.18. The first-order valence-electron chi connectivity index (χ1n) is 5.61. The number of benzene rings is 2. The lowest BCUT2D eigenvalue weighted by atomic mass is 10.1. The maximum absolute atomic E-state index is 13.1. The van der Waals surface area contributed by atoms with Crippen molar-refractivity contribution >= 4 is 40.5 Å². The van der Waals surface area contributed by atoms with E-state index < -0.39 is 0 Å². The van der Waals surface area contributed by atoms with E-state index in [1.165, 1.54) is 6.07 Å². The van der Waals surface area contributed by atoms with E-state index in [4.69, 9.17) is 34.8 Å². The average Bonchev–Trinajstić information content (AvgIpc) is 2.36. The standard InChI is InChI=1S/C14H11Cl3FN/c1-8-4-9(2-3-13(8)18)7-19-14-6-11(16)10(15)5-12(14)17/h2-6,19H,7H2,1H3. The summed E-state index contributed by atoms with van der Waals surface area (Å²) in [6.45, 7) is 2.25. The van der Waals surface area contributed by atoms with Crippen LogP contribution in [0.2, 0.25) is 15.1 Å². The van der Waals surface area contributed by atoms with E-state index in [0.717, 1.165) is 5.56 Å². The molecule has 0 aromatic heterocycles. The molecule has 1 N–H and O–H groups in total. The summed E-state index contributed by atoms with van der Waals surface area (Å²) in [4.78, 5) is 0. The molecule has 0 unspecified atom stereocenters. The highest BCUT2D eigenvalue weighted by atomic mass is 35.5. The summed E-state index contributed by atoms with van der Waals surface area (Å²) < 4.78 is 13.1. The smallest absolute Gasteiger partial charge is 0.126 e. The van der Waals surface area contributed by atoms with Crippen LogP contribution in [-0.2, 0) is 6.54 Å². The van der Waals surface area contributed by atoms with E-state index in [1.807, 2.05) is 0 Å². The van der Waals surface area contributed by atoms with Gasteiger partial charge in [0.1, 0.15) is 5.82 Å². The number of aryl methyl sites for hydroxylation is 1. The van der Waals surface area contributed by atoms with E-state index >= 15 is 0 Å². The van der Waals surface area contributed by atoms with Crippen LogP contribution in [0.15, 0.2) is 30.3 Å². The largest absolute Gasteiger partial charge is 0.380 e. The number of hydrogen-bond acceptors (Lipinski definition) is 1. The molecule has 2 aromatic rings. The second-order valence-corrected chi connectivity index (χ2v) is 5.40. The van der Waals surface area contributed by atoms with E-state index in [1.54, 1.807) is 31.2 Å². The fraction of sp³-hybridized carbons (Fsp3) is 0.143. The summed E-state index contributed by atoms with van der Waals surface area (Å²) >= 11 is 17.8. The molecule has 100 valence electrons. The number of anilines is 1. The maximum Gasteiger partial charge on any atom is 0.126 e. The quantitative estimate of drug-likeness (QED) is 0.715. The number of halogens is 4. The molecule has 0 radical (unpaired) electrons. The average molecular weight is 319 g/mol. The molecule has 0 saturated carbocycles. The molecule has 19 heavy (non-hydrogen) atoms. The third kappa shape index (κ3) is 3.53. The minimum atomic E-state index is -0.212. The van der Waals surface area contributed by atoms with Crippen LogP contribution >= 0.6 is 34.8 Å². The Morgan fingerprint density at radius 1 is 1.00 bits per heavy atom. The van der Waals surface area contributed by atoms with Crippen LogP contribution in [-0.4, -0.2) is 0 Å². The zero-order valence-corrected chi connectivity index (χ0v) is 12.4. The molecule has 2 rings (SSSR count). The topological polar surface area (TPSA) is 12.0 Å². The lowest BCUT2D eigenvalue weighted by Crippen LogP contribution is -2.01. The Bertz CT molecular complexity index is 614. The molecule has 0 aliphatic rings. The Morgan fingerprint density at radius 3 is 2.37 bits per heavy atom. The van der Waals surface area contributed by atoms with Gasteiger partial charge in [-0.1, -0.05) is 46.9 Å². The SMILES string of the molecule is Cc1cc(CNc2cc(Cl)c(Cl)cc2Cl)ccc1F. The predicted octanol–water partition coefficient (Wildman–Crippen LogP) is 5.71. The molecule has 0 heterocycles. The molecule has 0 saturated heterocycles. The van der Waals surface area contributed by atoms with Gasteiger partial charge in [0, 0.05) is 6.54 Å². The van der Waals surface area contributed by atoms with Crippen molar-refractivity contribution < 1.29 is 4.39 Å². The van der Waals surface area contributed by atoms with Crippen LogP contribution in [0.1, 0.15) is 11.1 Å². The van der Waals surface area contributed by atoms with Gasteiger partial charge in [0.15, 0.2) is 0 Å². The summed E-state index contributed by atoms with van der Waals surface area (Å²) in [6.07, 6.45) is 0. The van der Waals surface area contributed by atoms with Crippen molar-refractivity contribution in [2.75, 3.05) is 5.32 Å². The van der Waals surface area contributed by atoms with Crippen LogP contribution in [0.4, 0.5) is 10.1 Å². The van der Waals surface area contributed by atoms with Gasteiger partial charge in [-0.3, -0.25) is 0 Å². The van der Waals surface area contributed by atoms with Crippen LogP contribution in [0, 0.1) is 12.7 Å². The first-order chi connectivity index (χ1) is 8.97. The minimum Gasteiger partial charge on any atom is -0.380 e. The van der Waals surface area contributed by atoms with Crippen LogP contribution in [0.5, 0.6) is 0 Å². The van der Waals surface area contributed by atoms with Gasteiger partial charge in [0.05, 0.1) is 20.8 Å². The molecule has 0 fully saturated rings. The molecule has 2 aromatic carbocycles. The molecule has 0 aliphatic heterocycles. The van der Waals surface area contributed by atoms with Crippen LogP contribution in [0.25, 0.3) is 0 Å². The fourth-order valence-corrected chi connectivity index (χ4v) is 2.29. The normalized spacial score (nSPS) is 10.6. The van der Waals surface area contributed by atoms with Crippen molar-refractivity contribution in [3.8, 4) is 0 Å². The van der Waals surface area contributed by atoms with Crippen LogP contribution < -0.4 is 5.32 Å². The summed E-state index contributed by atoms with van der Waals surface area (Å²) in [5, 5.41) is 4.49. The molecule has 0 atom stereocenters. The number of hydrogen-bond donors (Lipinski definition) is 1. The monoisotopic (exact) mass is 317 g/mol. The van der Waals surface area contributed by atoms with Gasteiger partial charge in [-0.2, -0.15) is 0 Å². The Hall–Kier alpha value is -0.960. The number of rotatable bonds is 3. The van der Waals surface area contributed by atoms with E-state index in [9.17, 15) is 4.39 Å². The zero-order chi connectivity index (χ0) is 14.0. The van der Waals surface area contributed by atoms with Crippen molar-refractivity contribution in [3.63, 3.8) is 0 Å². The highest BCUT2D eigenvalue weighted by molar-refractivity contribution is 6.44. The van der Waals surface area contributed by atoms with E-state index in [0.29, 0.717) is 32.9 Å². The highest BCUT2D eigenvalue weighted by Gasteiger charge is 2.06. The van der Waals surface area contributed by atoms with Crippen LogP contribution in [0.3, 0.4) is 0 Å². The van der Waals surface area contributed by atoms with Gasteiger partial charge in [0.25, 0.3) is 0 Å². The molecule has 0 aliphatic carbocycles. The van der Waals surface area contributed by atoms with E-state index in [2.05, 4.69) is 5.32 Å². The Morgan fingerprint density at radius 2 is 1.68 bits per heavy atom. The van der Waals surface area contributed by atoms with Crippen molar-refractivity contribution in [2.45, 2.75) is 13.5 Å². The fourth-order valence-electron chi connectivity index (χ4n) is 1.67. The first kappa shape index (κ1) is 14.4. The maximum atomic E-state index is 13.1.